The zero-order valence-corrected chi connectivity index (χ0v) is 12.0. The minimum atomic E-state index is -0.0927. The number of hydrogen-bond acceptors (Lipinski definition) is 2. The molecular formula is C14H21ClN2O. The van der Waals surface area contributed by atoms with E-state index in [1.165, 1.54) is 0 Å². The van der Waals surface area contributed by atoms with Crippen molar-refractivity contribution in [2.45, 2.75) is 19.8 Å². The number of carbonyl (C=O) groups is 1. The van der Waals surface area contributed by atoms with E-state index in [-0.39, 0.29) is 5.91 Å². The van der Waals surface area contributed by atoms with Crippen LogP contribution in [0.25, 0.3) is 0 Å². The Balaban J connectivity index is 2.36. The van der Waals surface area contributed by atoms with Crippen LogP contribution in [0.1, 0.15) is 28.8 Å². The maximum absolute atomic E-state index is 11.9. The number of nitrogens with zero attached hydrogens (tertiary/aromatic N) is 1. The van der Waals surface area contributed by atoms with Crippen LogP contribution in [0.5, 0.6) is 0 Å². The molecule has 0 saturated heterocycles. The summed E-state index contributed by atoms with van der Waals surface area (Å²) in [5.41, 5.74) is 1.61. The van der Waals surface area contributed by atoms with Gasteiger partial charge in [-0.3, -0.25) is 4.79 Å². The van der Waals surface area contributed by atoms with Gasteiger partial charge >= 0.3 is 0 Å². The highest BCUT2D eigenvalue weighted by molar-refractivity contribution is 6.33. The summed E-state index contributed by atoms with van der Waals surface area (Å²) in [5.74, 6) is -0.0927. The summed E-state index contributed by atoms with van der Waals surface area (Å²) in [7, 11) is 4.09. The van der Waals surface area contributed by atoms with Crippen LogP contribution in [0.15, 0.2) is 18.2 Å². The number of halogens is 1. The molecule has 0 aliphatic carbocycles. The van der Waals surface area contributed by atoms with Gasteiger partial charge in [0, 0.05) is 6.54 Å². The van der Waals surface area contributed by atoms with Gasteiger partial charge in [-0.2, -0.15) is 0 Å². The molecule has 0 radical (unpaired) electrons. The number of nitrogens with one attached hydrogen (secondary N) is 1. The predicted molar refractivity (Wildman–Crippen MR) is 76.3 cm³/mol. The standard InChI is InChI=1S/C14H21ClN2O/c1-11-6-7-12(13(15)10-11)14(18)16-8-4-5-9-17(2)3/h6-7,10H,4-5,8-9H2,1-3H3,(H,16,18). The van der Waals surface area contributed by atoms with E-state index in [9.17, 15) is 4.79 Å². The number of unbranched alkanes of at least 4 members (excludes halogenated alkanes) is 1. The summed E-state index contributed by atoms with van der Waals surface area (Å²) in [6, 6.07) is 5.47. The van der Waals surface area contributed by atoms with Crippen LogP contribution in [0, 0.1) is 6.92 Å². The number of benzene rings is 1. The van der Waals surface area contributed by atoms with Crippen LogP contribution in [-0.2, 0) is 0 Å². The molecule has 1 aromatic rings. The van der Waals surface area contributed by atoms with E-state index in [1.54, 1.807) is 6.07 Å². The van der Waals surface area contributed by atoms with Crippen molar-refractivity contribution < 1.29 is 4.79 Å². The van der Waals surface area contributed by atoms with Gasteiger partial charge in [0.05, 0.1) is 10.6 Å². The lowest BCUT2D eigenvalue weighted by Crippen LogP contribution is -2.25. The molecule has 0 aliphatic heterocycles. The maximum Gasteiger partial charge on any atom is 0.252 e. The van der Waals surface area contributed by atoms with Crippen LogP contribution >= 0.6 is 11.6 Å². The first kappa shape index (κ1) is 15.0. The maximum atomic E-state index is 11.9. The summed E-state index contributed by atoms with van der Waals surface area (Å²) in [4.78, 5) is 14.0. The molecule has 0 aliphatic rings. The summed E-state index contributed by atoms with van der Waals surface area (Å²) in [6.07, 6.45) is 2.06. The smallest absolute Gasteiger partial charge is 0.252 e. The van der Waals surface area contributed by atoms with E-state index in [2.05, 4.69) is 10.2 Å². The van der Waals surface area contributed by atoms with E-state index < -0.39 is 0 Å². The second-order valence-corrected chi connectivity index (χ2v) is 5.16. The van der Waals surface area contributed by atoms with E-state index >= 15 is 0 Å². The van der Waals surface area contributed by atoms with Crippen molar-refractivity contribution in [1.82, 2.24) is 10.2 Å². The molecule has 100 valence electrons. The lowest BCUT2D eigenvalue weighted by atomic mass is 10.1. The summed E-state index contributed by atoms with van der Waals surface area (Å²) >= 11 is 6.04. The zero-order chi connectivity index (χ0) is 13.5. The van der Waals surface area contributed by atoms with E-state index in [1.807, 2.05) is 33.2 Å². The second-order valence-electron chi connectivity index (χ2n) is 4.75. The molecule has 1 rings (SSSR count). The Labute approximate surface area is 114 Å². The van der Waals surface area contributed by atoms with Gasteiger partial charge in [0.2, 0.25) is 0 Å². The molecule has 0 heterocycles. The van der Waals surface area contributed by atoms with Gasteiger partial charge in [-0.15, -0.1) is 0 Å². The molecule has 1 N–H and O–H groups in total. The largest absolute Gasteiger partial charge is 0.352 e. The van der Waals surface area contributed by atoms with Crippen molar-refractivity contribution in [2.24, 2.45) is 0 Å². The molecule has 0 saturated carbocycles. The van der Waals surface area contributed by atoms with Gasteiger partial charge in [0.1, 0.15) is 0 Å². The second kappa shape index (κ2) is 7.39. The normalized spacial score (nSPS) is 10.7. The molecule has 1 amide bonds. The first-order valence-electron chi connectivity index (χ1n) is 6.20. The Morgan fingerprint density at radius 2 is 2.06 bits per heavy atom. The van der Waals surface area contributed by atoms with Gasteiger partial charge in [-0.1, -0.05) is 17.7 Å². The molecule has 0 bridgehead atoms. The minimum Gasteiger partial charge on any atom is -0.352 e. The number of rotatable bonds is 6. The molecule has 0 fully saturated rings. The van der Waals surface area contributed by atoms with E-state index in [4.69, 9.17) is 11.6 Å². The van der Waals surface area contributed by atoms with E-state index in [0.717, 1.165) is 24.9 Å². The topological polar surface area (TPSA) is 32.3 Å². The molecule has 18 heavy (non-hydrogen) atoms. The van der Waals surface area contributed by atoms with Crippen LogP contribution in [0.4, 0.5) is 0 Å². The molecule has 0 unspecified atom stereocenters. The lowest BCUT2D eigenvalue weighted by Gasteiger charge is -2.10. The van der Waals surface area contributed by atoms with Crippen molar-refractivity contribution in [3.05, 3.63) is 34.3 Å². The highest BCUT2D eigenvalue weighted by atomic mass is 35.5. The van der Waals surface area contributed by atoms with Gasteiger partial charge < -0.3 is 10.2 Å². The molecule has 1 aromatic carbocycles. The molecular weight excluding hydrogens is 248 g/mol. The van der Waals surface area contributed by atoms with Crippen molar-refractivity contribution in [1.29, 1.82) is 0 Å². The quantitative estimate of drug-likeness (QED) is 0.805. The molecule has 0 aromatic heterocycles. The third-order valence-corrected chi connectivity index (χ3v) is 3.00. The third-order valence-electron chi connectivity index (χ3n) is 2.69. The Morgan fingerprint density at radius 1 is 1.33 bits per heavy atom. The molecule has 0 spiro atoms. The third kappa shape index (κ3) is 5.07. The zero-order valence-electron chi connectivity index (χ0n) is 11.3. The first-order chi connectivity index (χ1) is 8.50. The molecule has 0 atom stereocenters. The highest BCUT2D eigenvalue weighted by Crippen LogP contribution is 2.17. The first-order valence-corrected chi connectivity index (χ1v) is 6.57. The van der Waals surface area contributed by atoms with Crippen molar-refractivity contribution in [2.75, 3.05) is 27.2 Å². The lowest BCUT2D eigenvalue weighted by molar-refractivity contribution is 0.0953. The molecule has 4 heteroatoms. The SMILES string of the molecule is Cc1ccc(C(=O)NCCCCN(C)C)c(Cl)c1. The summed E-state index contributed by atoms with van der Waals surface area (Å²) in [5, 5.41) is 3.41. The monoisotopic (exact) mass is 268 g/mol. The Bertz CT molecular complexity index is 405. The number of aryl methyl sites for hydroxylation is 1. The number of amides is 1. The van der Waals surface area contributed by atoms with Crippen molar-refractivity contribution in [3.63, 3.8) is 0 Å². The van der Waals surface area contributed by atoms with Crippen molar-refractivity contribution >= 4 is 17.5 Å². The van der Waals surface area contributed by atoms with Crippen LogP contribution in [-0.4, -0.2) is 38.0 Å². The summed E-state index contributed by atoms with van der Waals surface area (Å²) < 4.78 is 0. The van der Waals surface area contributed by atoms with Crippen molar-refractivity contribution in [3.8, 4) is 0 Å². The van der Waals surface area contributed by atoms with E-state index in [0.29, 0.717) is 17.1 Å². The average Bonchev–Trinajstić information content (AvgIpc) is 2.27. The van der Waals surface area contributed by atoms with Gasteiger partial charge in [-0.05, 0) is 58.1 Å². The fourth-order valence-electron chi connectivity index (χ4n) is 1.65. The van der Waals surface area contributed by atoms with Crippen LogP contribution < -0.4 is 5.32 Å². The van der Waals surface area contributed by atoms with Gasteiger partial charge in [0.15, 0.2) is 0 Å². The Morgan fingerprint density at radius 3 is 2.67 bits per heavy atom. The predicted octanol–water partition coefficient (Wildman–Crippen LogP) is 2.72. The Hall–Kier alpha value is -1.06. The number of carbonyl (C=O) groups excluding carboxylic acids is 1. The fraction of sp³-hybridized carbons (Fsp3) is 0.500. The van der Waals surface area contributed by atoms with Crippen LogP contribution in [0.2, 0.25) is 5.02 Å². The van der Waals surface area contributed by atoms with Crippen LogP contribution in [0.3, 0.4) is 0 Å². The fourth-order valence-corrected chi connectivity index (χ4v) is 1.98. The highest BCUT2D eigenvalue weighted by Gasteiger charge is 2.09. The Kier molecular flexibility index (Phi) is 6.16. The number of hydrogen-bond donors (Lipinski definition) is 1. The van der Waals surface area contributed by atoms with Gasteiger partial charge in [0.25, 0.3) is 5.91 Å². The van der Waals surface area contributed by atoms with Gasteiger partial charge in [-0.25, -0.2) is 0 Å². The summed E-state index contributed by atoms with van der Waals surface area (Å²) in [6.45, 7) is 3.69. The average molecular weight is 269 g/mol. The minimum absolute atomic E-state index is 0.0927. The molecule has 3 nitrogen and oxygen atoms in total.